The van der Waals surface area contributed by atoms with Crippen molar-refractivity contribution < 1.29 is 4.79 Å². The Labute approximate surface area is 95.2 Å². The number of amides is 1. The third-order valence-electron chi connectivity index (χ3n) is 3.06. The first-order valence-electron chi connectivity index (χ1n) is 5.75. The van der Waals surface area contributed by atoms with E-state index in [0.717, 1.165) is 25.9 Å². The maximum absolute atomic E-state index is 12.0. The first-order chi connectivity index (χ1) is 7.79. The molecule has 1 aliphatic rings. The van der Waals surface area contributed by atoms with Crippen molar-refractivity contribution in [1.29, 1.82) is 0 Å². The average molecular weight is 222 g/mol. The van der Waals surface area contributed by atoms with Crippen LogP contribution in [0.3, 0.4) is 0 Å². The molecule has 1 aromatic rings. The predicted molar refractivity (Wildman–Crippen MR) is 60.6 cm³/mol. The number of carbonyl (C=O) groups excluding carboxylic acids is 1. The van der Waals surface area contributed by atoms with Gasteiger partial charge in [-0.15, -0.1) is 0 Å². The van der Waals surface area contributed by atoms with Crippen molar-refractivity contribution in [2.24, 2.45) is 11.7 Å². The second-order valence-corrected chi connectivity index (χ2v) is 4.29. The molecular formula is C11H18N4O. The van der Waals surface area contributed by atoms with Crippen molar-refractivity contribution in [2.45, 2.75) is 19.4 Å². The van der Waals surface area contributed by atoms with Gasteiger partial charge < -0.3 is 10.6 Å². The average Bonchev–Trinajstić information content (AvgIpc) is 2.82. The molecule has 1 aromatic heterocycles. The van der Waals surface area contributed by atoms with Gasteiger partial charge in [0.25, 0.3) is 0 Å². The van der Waals surface area contributed by atoms with Gasteiger partial charge >= 0.3 is 0 Å². The third-order valence-corrected chi connectivity index (χ3v) is 3.06. The molecule has 5 nitrogen and oxygen atoms in total. The van der Waals surface area contributed by atoms with Crippen LogP contribution in [0.4, 0.5) is 0 Å². The van der Waals surface area contributed by atoms with Crippen molar-refractivity contribution in [3.63, 3.8) is 0 Å². The van der Waals surface area contributed by atoms with Crippen LogP contribution in [0.2, 0.25) is 0 Å². The van der Waals surface area contributed by atoms with Crippen LogP contribution in [0.25, 0.3) is 0 Å². The summed E-state index contributed by atoms with van der Waals surface area (Å²) in [6.45, 7) is 2.67. The van der Waals surface area contributed by atoms with Crippen molar-refractivity contribution in [1.82, 2.24) is 14.7 Å². The summed E-state index contributed by atoms with van der Waals surface area (Å²) in [7, 11) is 0. The summed E-state index contributed by atoms with van der Waals surface area (Å²) in [5.41, 5.74) is 5.65. The fourth-order valence-electron chi connectivity index (χ4n) is 2.12. The van der Waals surface area contributed by atoms with E-state index in [9.17, 15) is 4.79 Å². The van der Waals surface area contributed by atoms with E-state index in [1.807, 2.05) is 17.2 Å². The molecule has 1 atom stereocenters. The number of carbonyl (C=O) groups is 1. The van der Waals surface area contributed by atoms with Gasteiger partial charge in [-0.05, 0) is 31.4 Å². The summed E-state index contributed by atoms with van der Waals surface area (Å²) in [5.74, 6) is 0.608. The highest BCUT2D eigenvalue weighted by molar-refractivity contribution is 5.76. The lowest BCUT2D eigenvalue weighted by atomic mass is 9.98. The molecule has 0 saturated carbocycles. The van der Waals surface area contributed by atoms with E-state index in [1.54, 1.807) is 10.9 Å². The Bertz CT molecular complexity index is 336. The Hall–Kier alpha value is -1.36. The molecule has 0 aliphatic carbocycles. The predicted octanol–water partition coefficient (Wildman–Crippen LogP) is 0.0804. The molecular weight excluding hydrogens is 204 g/mol. The normalized spacial score (nSPS) is 21.1. The van der Waals surface area contributed by atoms with Crippen LogP contribution in [-0.4, -0.2) is 40.2 Å². The number of nitrogens with two attached hydrogens (primary N) is 1. The zero-order valence-electron chi connectivity index (χ0n) is 9.38. The van der Waals surface area contributed by atoms with Crippen molar-refractivity contribution in [3.05, 3.63) is 18.5 Å². The second-order valence-electron chi connectivity index (χ2n) is 4.29. The van der Waals surface area contributed by atoms with Gasteiger partial charge in [0.2, 0.25) is 5.91 Å². The van der Waals surface area contributed by atoms with Crippen LogP contribution in [-0.2, 0) is 11.3 Å². The van der Waals surface area contributed by atoms with E-state index in [2.05, 4.69) is 5.10 Å². The number of hydrogen-bond donors (Lipinski definition) is 1. The summed E-state index contributed by atoms with van der Waals surface area (Å²) in [6, 6.07) is 1.83. The van der Waals surface area contributed by atoms with Crippen LogP contribution < -0.4 is 5.73 Å². The van der Waals surface area contributed by atoms with E-state index in [1.165, 1.54) is 0 Å². The monoisotopic (exact) mass is 222 g/mol. The molecule has 0 aromatic carbocycles. The maximum atomic E-state index is 12.0. The van der Waals surface area contributed by atoms with Gasteiger partial charge in [0, 0.05) is 25.5 Å². The number of piperidine rings is 1. The molecule has 2 rings (SSSR count). The Morgan fingerprint density at radius 3 is 3.12 bits per heavy atom. The van der Waals surface area contributed by atoms with Crippen molar-refractivity contribution in [2.75, 3.05) is 19.6 Å². The first-order valence-corrected chi connectivity index (χ1v) is 5.75. The van der Waals surface area contributed by atoms with E-state index < -0.39 is 0 Å². The van der Waals surface area contributed by atoms with E-state index >= 15 is 0 Å². The van der Waals surface area contributed by atoms with Gasteiger partial charge in [-0.25, -0.2) is 0 Å². The minimum atomic E-state index is 0.141. The summed E-state index contributed by atoms with van der Waals surface area (Å²) >= 11 is 0. The summed E-state index contributed by atoms with van der Waals surface area (Å²) < 4.78 is 1.66. The lowest BCUT2D eigenvalue weighted by molar-refractivity contribution is -0.133. The van der Waals surface area contributed by atoms with Gasteiger partial charge in [-0.1, -0.05) is 0 Å². The van der Waals surface area contributed by atoms with Crippen molar-refractivity contribution in [3.8, 4) is 0 Å². The van der Waals surface area contributed by atoms with E-state index in [-0.39, 0.29) is 5.91 Å². The number of rotatable bonds is 3. The fraction of sp³-hybridized carbons (Fsp3) is 0.636. The van der Waals surface area contributed by atoms with Gasteiger partial charge in [0.05, 0.1) is 0 Å². The highest BCUT2D eigenvalue weighted by Gasteiger charge is 2.22. The first kappa shape index (κ1) is 11.1. The summed E-state index contributed by atoms with van der Waals surface area (Å²) in [5, 5.41) is 4.03. The number of nitrogens with zero attached hydrogens (tertiary/aromatic N) is 3. The minimum absolute atomic E-state index is 0.141. The van der Waals surface area contributed by atoms with Gasteiger partial charge in [-0.2, -0.15) is 5.10 Å². The van der Waals surface area contributed by atoms with Crippen LogP contribution >= 0.6 is 0 Å². The Morgan fingerprint density at radius 1 is 1.56 bits per heavy atom. The van der Waals surface area contributed by atoms with Gasteiger partial charge in [0.1, 0.15) is 6.54 Å². The highest BCUT2D eigenvalue weighted by atomic mass is 16.2. The molecule has 1 aliphatic heterocycles. The molecule has 1 saturated heterocycles. The molecule has 1 amide bonds. The summed E-state index contributed by atoms with van der Waals surface area (Å²) in [4.78, 5) is 13.9. The smallest absolute Gasteiger partial charge is 0.244 e. The standard InChI is InChI=1S/C11H18N4O/c12-7-10-3-1-5-14(8-10)11(16)9-15-6-2-4-13-15/h2,4,6,10H,1,3,5,7-9,12H2/t10-/m1/s1. The van der Waals surface area contributed by atoms with Crippen LogP contribution in [0.15, 0.2) is 18.5 Å². The molecule has 1 fully saturated rings. The zero-order valence-corrected chi connectivity index (χ0v) is 9.38. The molecule has 0 radical (unpaired) electrons. The molecule has 5 heteroatoms. The molecule has 2 heterocycles. The molecule has 0 unspecified atom stereocenters. The van der Waals surface area contributed by atoms with E-state index in [0.29, 0.717) is 19.0 Å². The molecule has 0 bridgehead atoms. The van der Waals surface area contributed by atoms with Crippen LogP contribution in [0.5, 0.6) is 0 Å². The molecule has 88 valence electrons. The van der Waals surface area contributed by atoms with Gasteiger partial charge in [-0.3, -0.25) is 9.48 Å². The summed E-state index contributed by atoms with van der Waals surface area (Å²) in [6.07, 6.45) is 5.70. The number of aromatic nitrogens is 2. The number of likely N-dealkylation sites (tertiary alicyclic amines) is 1. The lowest BCUT2D eigenvalue weighted by Crippen LogP contribution is -2.43. The van der Waals surface area contributed by atoms with Crippen molar-refractivity contribution >= 4 is 5.91 Å². The lowest BCUT2D eigenvalue weighted by Gasteiger charge is -2.32. The van der Waals surface area contributed by atoms with E-state index in [4.69, 9.17) is 5.73 Å². The Kier molecular flexibility index (Phi) is 3.56. The Balaban J connectivity index is 1.89. The minimum Gasteiger partial charge on any atom is -0.341 e. The highest BCUT2D eigenvalue weighted by Crippen LogP contribution is 2.15. The van der Waals surface area contributed by atoms with Crippen LogP contribution in [0.1, 0.15) is 12.8 Å². The second kappa shape index (κ2) is 5.12. The van der Waals surface area contributed by atoms with Crippen LogP contribution in [0, 0.1) is 5.92 Å². The SMILES string of the molecule is NC[C@H]1CCCN(C(=O)Cn2cccn2)C1. The maximum Gasteiger partial charge on any atom is 0.244 e. The van der Waals surface area contributed by atoms with Gasteiger partial charge in [0.15, 0.2) is 0 Å². The molecule has 2 N–H and O–H groups in total. The topological polar surface area (TPSA) is 64.2 Å². The third kappa shape index (κ3) is 2.61. The number of hydrogen-bond acceptors (Lipinski definition) is 3. The fourth-order valence-corrected chi connectivity index (χ4v) is 2.12. The largest absolute Gasteiger partial charge is 0.341 e. The zero-order chi connectivity index (χ0) is 11.4. The molecule has 0 spiro atoms. The quantitative estimate of drug-likeness (QED) is 0.787. The molecule has 16 heavy (non-hydrogen) atoms. The Morgan fingerprint density at radius 2 is 2.44 bits per heavy atom.